The summed E-state index contributed by atoms with van der Waals surface area (Å²) in [7, 11) is -4.03. The summed E-state index contributed by atoms with van der Waals surface area (Å²) in [4.78, 5) is 21.8. The van der Waals surface area contributed by atoms with Crippen molar-refractivity contribution in [3.8, 4) is 0 Å². The van der Waals surface area contributed by atoms with Crippen LogP contribution in [0.15, 0.2) is 48.9 Å². The van der Waals surface area contributed by atoms with Gasteiger partial charge < -0.3 is 23.5 Å². The molecule has 0 spiro atoms. The molecule has 1 amide bonds. The number of carbonyl (C=O) groups is 1. The van der Waals surface area contributed by atoms with Gasteiger partial charge in [-0.15, -0.1) is 0 Å². The molecular weight excluding hydrogens is 537 g/mol. The molecule has 10 heteroatoms. The molecular formula is C30H46N4O4Si2. The number of aromatic nitrogens is 3. The molecule has 4 rings (SSSR count). The molecule has 0 saturated carbocycles. The second-order valence-corrected chi connectivity index (χ2v) is 23.4. The fourth-order valence-corrected chi connectivity index (χ4v) is 6.65. The van der Waals surface area contributed by atoms with E-state index in [2.05, 4.69) is 83.0 Å². The number of rotatable bonds is 8. The normalized spacial score (nSPS) is 20.7. The van der Waals surface area contributed by atoms with Gasteiger partial charge >= 0.3 is 0 Å². The maximum absolute atomic E-state index is 12.8. The van der Waals surface area contributed by atoms with E-state index in [0.717, 1.165) is 5.39 Å². The van der Waals surface area contributed by atoms with Crippen molar-refractivity contribution in [3.05, 3.63) is 54.5 Å². The van der Waals surface area contributed by atoms with E-state index in [1.54, 1.807) is 12.1 Å². The zero-order valence-electron chi connectivity index (χ0n) is 25.7. The summed E-state index contributed by atoms with van der Waals surface area (Å²) >= 11 is 0. The molecule has 3 unspecified atom stereocenters. The van der Waals surface area contributed by atoms with Gasteiger partial charge in [-0.1, -0.05) is 59.7 Å². The second-order valence-electron chi connectivity index (χ2n) is 13.9. The Morgan fingerprint density at radius 3 is 2.27 bits per heavy atom. The van der Waals surface area contributed by atoms with Crippen molar-refractivity contribution in [2.45, 2.75) is 103 Å². The fourth-order valence-electron chi connectivity index (χ4n) is 4.28. The summed E-state index contributed by atoms with van der Waals surface area (Å²) in [5.41, 5.74) is 1.28. The summed E-state index contributed by atoms with van der Waals surface area (Å²) in [6.45, 7) is 23.1. The predicted molar refractivity (Wildman–Crippen MR) is 166 cm³/mol. The van der Waals surface area contributed by atoms with Gasteiger partial charge in [0.1, 0.15) is 30.1 Å². The van der Waals surface area contributed by atoms with Crippen LogP contribution in [0, 0.1) is 0 Å². The van der Waals surface area contributed by atoms with Crippen LogP contribution in [-0.2, 0) is 13.6 Å². The highest BCUT2D eigenvalue weighted by Crippen LogP contribution is 2.43. The number of benzene rings is 1. The van der Waals surface area contributed by atoms with Gasteiger partial charge in [-0.25, -0.2) is 9.97 Å². The molecule has 1 aliphatic rings. The molecule has 1 aliphatic heterocycles. The van der Waals surface area contributed by atoms with E-state index < -0.39 is 16.6 Å². The highest BCUT2D eigenvalue weighted by atomic mass is 28.4. The number of nitrogens with zero attached hydrogens (tertiary/aromatic N) is 3. The molecule has 2 aromatic heterocycles. The van der Waals surface area contributed by atoms with E-state index >= 15 is 0 Å². The minimum absolute atomic E-state index is 0.0785. The first-order chi connectivity index (χ1) is 18.5. The van der Waals surface area contributed by atoms with Gasteiger partial charge in [0.15, 0.2) is 16.6 Å². The van der Waals surface area contributed by atoms with Crippen LogP contribution >= 0.6 is 0 Å². The van der Waals surface area contributed by atoms with Gasteiger partial charge in [0.25, 0.3) is 5.91 Å². The zero-order valence-corrected chi connectivity index (χ0v) is 27.7. The summed E-state index contributed by atoms with van der Waals surface area (Å²) in [6.07, 6.45) is 3.58. The molecule has 3 atom stereocenters. The molecule has 3 aromatic rings. The van der Waals surface area contributed by atoms with Crippen LogP contribution in [0.4, 0.5) is 5.82 Å². The van der Waals surface area contributed by atoms with Gasteiger partial charge in [-0.05, 0) is 54.5 Å². The lowest BCUT2D eigenvalue weighted by molar-refractivity contribution is -0.0382. The molecule has 1 fully saturated rings. The van der Waals surface area contributed by atoms with Gasteiger partial charge in [0.2, 0.25) is 0 Å². The predicted octanol–water partition coefficient (Wildman–Crippen LogP) is 7.38. The quantitative estimate of drug-likeness (QED) is 0.279. The first-order valence-electron chi connectivity index (χ1n) is 14.2. The number of ether oxygens (including phenoxy) is 1. The van der Waals surface area contributed by atoms with Crippen LogP contribution < -0.4 is 5.32 Å². The van der Waals surface area contributed by atoms with E-state index in [1.165, 1.54) is 6.33 Å². The first kappa shape index (κ1) is 30.6. The lowest BCUT2D eigenvalue weighted by atomic mass is 10.2. The van der Waals surface area contributed by atoms with Crippen molar-refractivity contribution in [3.63, 3.8) is 0 Å². The molecule has 8 nitrogen and oxygen atoms in total. The Morgan fingerprint density at radius 1 is 1.00 bits per heavy atom. The third-order valence-electron chi connectivity index (χ3n) is 8.93. The molecule has 1 saturated heterocycles. The molecule has 0 radical (unpaired) electrons. The van der Waals surface area contributed by atoms with E-state index in [9.17, 15) is 4.79 Å². The molecule has 0 aliphatic carbocycles. The highest BCUT2D eigenvalue weighted by Gasteiger charge is 2.46. The molecule has 1 aromatic carbocycles. The number of carbonyl (C=O) groups excluding carboxylic acids is 1. The third-order valence-corrected chi connectivity index (χ3v) is 17.9. The van der Waals surface area contributed by atoms with E-state index in [1.807, 2.05) is 35.0 Å². The van der Waals surface area contributed by atoms with Crippen LogP contribution in [0.5, 0.6) is 0 Å². The average molecular weight is 583 g/mol. The largest absolute Gasteiger partial charge is 0.414 e. The third kappa shape index (κ3) is 6.41. The van der Waals surface area contributed by atoms with Crippen molar-refractivity contribution in [2.75, 3.05) is 11.9 Å². The van der Waals surface area contributed by atoms with Crippen molar-refractivity contribution < 1.29 is 18.4 Å². The Balaban J connectivity index is 1.60. The van der Waals surface area contributed by atoms with Crippen LogP contribution in [0.1, 0.15) is 64.5 Å². The smallest absolute Gasteiger partial charge is 0.256 e. The minimum Gasteiger partial charge on any atom is -0.414 e. The molecule has 1 N–H and O–H groups in total. The van der Waals surface area contributed by atoms with E-state index in [0.29, 0.717) is 30.1 Å². The number of anilines is 1. The number of fused-ring (bicyclic) bond motifs is 1. The molecule has 3 heterocycles. The molecule has 0 bridgehead atoms. The summed E-state index contributed by atoms with van der Waals surface area (Å²) in [5, 5.41) is 3.89. The Bertz CT molecular complexity index is 1330. The second kappa shape index (κ2) is 11.1. The summed E-state index contributed by atoms with van der Waals surface area (Å²) < 4.78 is 22.3. The van der Waals surface area contributed by atoms with Gasteiger partial charge in [0.05, 0.1) is 18.1 Å². The van der Waals surface area contributed by atoms with Crippen LogP contribution in [-0.4, -0.2) is 55.9 Å². The fraction of sp³-hybridized carbons (Fsp3) is 0.567. The van der Waals surface area contributed by atoms with Crippen molar-refractivity contribution >= 4 is 39.4 Å². The van der Waals surface area contributed by atoms with Crippen molar-refractivity contribution in [1.82, 2.24) is 14.5 Å². The summed E-state index contributed by atoms with van der Waals surface area (Å²) in [6, 6.07) is 11.0. The number of hydrogen-bond acceptors (Lipinski definition) is 6. The first-order valence-corrected chi connectivity index (χ1v) is 20.0. The maximum Gasteiger partial charge on any atom is 0.256 e. The molecule has 40 heavy (non-hydrogen) atoms. The Morgan fingerprint density at radius 2 is 1.65 bits per heavy atom. The Kier molecular flexibility index (Phi) is 8.51. The van der Waals surface area contributed by atoms with E-state index in [-0.39, 0.29) is 34.4 Å². The van der Waals surface area contributed by atoms with Gasteiger partial charge in [-0.3, -0.25) is 4.79 Å². The standard InChI is InChI=1S/C30H46N4O4Si2/c1-29(2,3)39(7,8)36-19-24-23(38-40(9,10)30(4,5)6)18-25(37-24)34-17-16-22-26(31-20-32-27(22)34)33-28(35)21-14-12-11-13-15-21/h11-17,20,23-25H,18-19H2,1-10H3,(H,31,32,33,35). The number of amides is 1. The topological polar surface area (TPSA) is 87.5 Å². The molecule has 218 valence electrons. The Hall–Kier alpha value is -2.38. The van der Waals surface area contributed by atoms with Gasteiger partial charge in [-0.2, -0.15) is 0 Å². The lowest BCUT2D eigenvalue weighted by Crippen LogP contribution is -2.48. The lowest BCUT2D eigenvalue weighted by Gasteiger charge is -2.40. The van der Waals surface area contributed by atoms with Crippen molar-refractivity contribution in [1.29, 1.82) is 0 Å². The SMILES string of the molecule is CC(C)(C)[Si](C)(C)OCC1OC(n2ccc3c(NC(=O)c4ccccc4)ncnc32)CC1O[Si](C)(C)C(C)(C)C. The number of hydrogen-bond donors (Lipinski definition) is 1. The van der Waals surface area contributed by atoms with Crippen LogP contribution in [0.25, 0.3) is 11.0 Å². The van der Waals surface area contributed by atoms with Gasteiger partial charge in [0, 0.05) is 18.2 Å². The monoisotopic (exact) mass is 582 g/mol. The minimum atomic E-state index is -2.06. The summed E-state index contributed by atoms with van der Waals surface area (Å²) in [5.74, 6) is 0.263. The Labute approximate surface area is 241 Å². The number of nitrogens with one attached hydrogen (secondary N) is 1. The van der Waals surface area contributed by atoms with Crippen LogP contribution in [0.2, 0.25) is 36.3 Å². The zero-order chi connectivity index (χ0) is 29.5. The van der Waals surface area contributed by atoms with Crippen molar-refractivity contribution in [2.24, 2.45) is 0 Å². The van der Waals surface area contributed by atoms with Crippen LogP contribution in [0.3, 0.4) is 0 Å². The maximum atomic E-state index is 12.8. The highest BCUT2D eigenvalue weighted by molar-refractivity contribution is 6.74. The van der Waals surface area contributed by atoms with E-state index in [4.69, 9.17) is 13.6 Å². The average Bonchev–Trinajstić information content (AvgIpc) is 3.46.